The highest BCUT2D eigenvalue weighted by atomic mass is 35.5. The lowest BCUT2D eigenvalue weighted by Gasteiger charge is -2.38. The van der Waals surface area contributed by atoms with E-state index >= 15 is 0 Å². The standard InChI is InChI=1S/C24H24ClN9/c1-14-17-10-18(25)21(11-20(17)32-33(14)2)31-24-28-7-5-19(30-24)16-6-8-34(22(27)9-16)23-4-3-15(12-26)13-29-23/h3-5,7,10-11,13,16,22H,6,8-9,27H2,1-2H3,(H,28,30,31). The number of aromatic nitrogens is 5. The smallest absolute Gasteiger partial charge is 0.227 e. The number of benzene rings is 1. The van der Waals surface area contributed by atoms with Gasteiger partial charge in [0.25, 0.3) is 0 Å². The van der Waals surface area contributed by atoms with Gasteiger partial charge in [-0.2, -0.15) is 10.4 Å². The minimum atomic E-state index is -0.199. The van der Waals surface area contributed by atoms with Crippen LogP contribution in [0.4, 0.5) is 17.5 Å². The van der Waals surface area contributed by atoms with Gasteiger partial charge in [0.2, 0.25) is 5.95 Å². The van der Waals surface area contributed by atoms with E-state index in [9.17, 15) is 0 Å². The summed E-state index contributed by atoms with van der Waals surface area (Å²) >= 11 is 6.53. The molecule has 0 amide bonds. The molecule has 1 saturated heterocycles. The summed E-state index contributed by atoms with van der Waals surface area (Å²) in [4.78, 5) is 15.6. The van der Waals surface area contributed by atoms with Crippen molar-refractivity contribution in [3.05, 3.63) is 64.7 Å². The molecule has 3 aromatic heterocycles. The number of nitrogens with zero attached hydrogens (tertiary/aromatic N) is 7. The van der Waals surface area contributed by atoms with E-state index in [1.54, 1.807) is 18.5 Å². The molecule has 2 unspecified atom stereocenters. The average Bonchev–Trinajstić information content (AvgIpc) is 3.12. The number of rotatable bonds is 4. The predicted octanol–water partition coefficient (Wildman–Crippen LogP) is 4.00. The van der Waals surface area contributed by atoms with E-state index in [0.717, 1.165) is 47.5 Å². The van der Waals surface area contributed by atoms with Gasteiger partial charge in [0, 0.05) is 48.7 Å². The van der Waals surface area contributed by atoms with Gasteiger partial charge in [0.1, 0.15) is 11.9 Å². The van der Waals surface area contributed by atoms with Crippen LogP contribution in [0, 0.1) is 18.3 Å². The van der Waals surface area contributed by atoms with Gasteiger partial charge in [-0.05, 0) is 50.1 Å². The Morgan fingerprint density at radius 2 is 2.09 bits per heavy atom. The first kappa shape index (κ1) is 22.1. The number of piperidine rings is 1. The molecule has 10 heteroatoms. The van der Waals surface area contributed by atoms with Crippen molar-refractivity contribution in [2.75, 3.05) is 16.8 Å². The number of aryl methyl sites for hydroxylation is 2. The molecule has 1 aliphatic heterocycles. The Labute approximate surface area is 202 Å². The molecule has 1 aliphatic rings. The summed E-state index contributed by atoms with van der Waals surface area (Å²) in [5.41, 5.74) is 10.6. The van der Waals surface area contributed by atoms with Crippen molar-refractivity contribution in [1.29, 1.82) is 5.26 Å². The van der Waals surface area contributed by atoms with Crippen LogP contribution in [0.5, 0.6) is 0 Å². The second-order valence-electron chi connectivity index (χ2n) is 8.49. The van der Waals surface area contributed by atoms with Gasteiger partial charge < -0.3 is 16.0 Å². The fourth-order valence-electron chi connectivity index (χ4n) is 4.39. The molecule has 0 saturated carbocycles. The summed E-state index contributed by atoms with van der Waals surface area (Å²) in [5, 5.41) is 18.4. The maximum Gasteiger partial charge on any atom is 0.227 e. The van der Waals surface area contributed by atoms with E-state index in [4.69, 9.17) is 27.6 Å². The molecule has 0 spiro atoms. The van der Waals surface area contributed by atoms with Crippen LogP contribution < -0.4 is 16.0 Å². The molecule has 3 N–H and O–H groups in total. The number of anilines is 3. The monoisotopic (exact) mass is 473 g/mol. The van der Waals surface area contributed by atoms with Crippen molar-refractivity contribution in [3.8, 4) is 6.07 Å². The summed E-state index contributed by atoms with van der Waals surface area (Å²) < 4.78 is 1.84. The van der Waals surface area contributed by atoms with Crippen LogP contribution in [-0.4, -0.2) is 37.4 Å². The number of pyridine rings is 1. The predicted molar refractivity (Wildman–Crippen MR) is 132 cm³/mol. The van der Waals surface area contributed by atoms with Gasteiger partial charge in [-0.3, -0.25) is 4.68 Å². The molecule has 34 heavy (non-hydrogen) atoms. The van der Waals surface area contributed by atoms with Crippen LogP contribution in [0.25, 0.3) is 10.9 Å². The molecule has 1 aromatic carbocycles. The second kappa shape index (κ2) is 8.89. The molecular weight excluding hydrogens is 450 g/mol. The lowest BCUT2D eigenvalue weighted by atomic mass is 9.91. The van der Waals surface area contributed by atoms with Crippen LogP contribution >= 0.6 is 11.6 Å². The lowest BCUT2D eigenvalue weighted by molar-refractivity contribution is 0.411. The largest absolute Gasteiger partial charge is 0.341 e. The summed E-state index contributed by atoms with van der Waals surface area (Å²) in [6.45, 7) is 2.76. The molecule has 9 nitrogen and oxygen atoms in total. The maximum atomic E-state index is 8.98. The van der Waals surface area contributed by atoms with Crippen LogP contribution in [0.1, 0.15) is 35.7 Å². The van der Waals surface area contributed by atoms with Crippen molar-refractivity contribution in [3.63, 3.8) is 0 Å². The van der Waals surface area contributed by atoms with Crippen molar-refractivity contribution >= 4 is 40.0 Å². The Balaban J connectivity index is 1.32. The maximum absolute atomic E-state index is 8.98. The molecule has 4 aromatic rings. The van der Waals surface area contributed by atoms with Crippen molar-refractivity contribution < 1.29 is 0 Å². The van der Waals surface area contributed by atoms with E-state index in [1.807, 2.05) is 42.9 Å². The zero-order valence-corrected chi connectivity index (χ0v) is 19.7. The Kier molecular flexibility index (Phi) is 5.77. The minimum absolute atomic E-state index is 0.199. The molecule has 5 rings (SSSR count). The lowest BCUT2D eigenvalue weighted by Crippen LogP contribution is -2.48. The van der Waals surface area contributed by atoms with Crippen LogP contribution in [-0.2, 0) is 7.05 Å². The summed E-state index contributed by atoms with van der Waals surface area (Å²) in [6.07, 6.45) is 4.74. The molecule has 4 heterocycles. The fraction of sp³-hybridized carbons (Fsp3) is 0.292. The molecular formula is C24H24ClN9. The van der Waals surface area contributed by atoms with E-state index in [1.165, 1.54) is 0 Å². The second-order valence-corrected chi connectivity index (χ2v) is 8.89. The Bertz CT molecular complexity index is 1390. The van der Waals surface area contributed by atoms with Gasteiger partial charge in [0.05, 0.1) is 28.0 Å². The third kappa shape index (κ3) is 4.14. The molecule has 1 fully saturated rings. The zero-order chi connectivity index (χ0) is 23.8. The SMILES string of the molecule is Cc1c2cc(Cl)c(Nc3nccc(C4CCN(c5ccc(C#N)cn5)C(N)C4)n3)cc2nn1C. The normalized spacial score (nSPS) is 18.1. The molecule has 172 valence electrons. The fourth-order valence-corrected chi connectivity index (χ4v) is 4.61. The molecule has 0 aliphatic carbocycles. The van der Waals surface area contributed by atoms with Gasteiger partial charge in [-0.15, -0.1) is 0 Å². The number of nitrogens with two attached hydrogens (primary N) is 1. The Morgan fingerprint density at radius 1 is 1.24 bits per heavy atom. The Morgan fingerprint density at radius 3 is 2.82 bits per heavy atom. The van der Waals surface area contributed by atoms with E-state index in [0.29, 0.717) is 22.2 Å². The van der Waals surface area contributed by atoms with E-state index in [2.05, 4.69) is 31.4 Å². The third-order valence-corrected chi connectivity index (χ3v) is 6.69. The molecule has 0 bridgehead atoms. The number of fused-ring (bicyclic) bond motifs is 1. The first-order valence-electron chi connectivity index (χ1n) is 11.0. The van der Waals surface area contributed by atoms with Crippen molar-refractivity contribution in [2.24, 2.45) is 12.8 Å². The average molecular weight is 474 g/mol. The number of hydrogen-bond donors (Lipinski definition) is 2. The number of hydrogen-bond acceptors (Lipinski definition) is 8. The van der Waals surface area contributed by atoms with Gasteiger partial charge in [-0.1, -0.05) is 11.6 Å². The third-order valence-electron chi connectivity index (χ3n) is 6.38. The summed E-state index contributed by atoms with van der Waals surface area (Å²) in [6, 6.07) is 11.5. The first-order valence-corrected chi connectivity index (χ1v) is 11.4. The van der Waals surface area contributed by atoms with Crippen LogP contribution in [0.15, 0.2) is 42.7 Å². The highest BCUT2D eigenvalue weighted by Crippen LogP contribution is 2.33. The van der Waals surface area contributed by atoms with E-state index < -0.39 is 0 Å². The summed E-state index contributed by atoms with van der Waals surface area (Å²) in [7, 11) is 1.91. The number of nitrogens with one attached hydrogen (secondary N) is 1. The first-order chi connectivity index (χ1) is 16.4. The molecule has 2 atom stereocenters. The van der Waals surface area contributed by atoms with Gasteiger partial charge >= 0.3 is 0 Å². The molecule has 0 radical (unpaired) electrons. The highest BCUT2D eigenvalue weighted by molar-refractivity contribution is 6.34. The van der Waals surface area contributed by atoms with Gasteiger partial charge in [-0.25, -0.2) is 15.0 Å². The number of halogens is 1. The van der Waals surface area contributed by atoms with Gasteiger partial charge in [0.15, 0.2) is 0 Å². The Hall–Kier alpha value is -3.74. The van der Waals surface area contributed by atoms with E-state index in [-0.39, 0.29) is 12.1 Å². The summed E-state index contributed by atoms with van der Waals surface area (Å²) in [5.74, 6) is 1.46. The minimum Gasteiger partial charge on any atom is -0.341 e. The highest BCUT2D eigenvalue weighted by Gasteiger charge is 2.28. The quantitative estimate of drug-likeness (QED) is 0.456. The van der Waals surface area contributed by atoms with Crippen molar-refractivity contribution in [1.82, 2.24) is 24.7 Å². The topological polar surface area (TPSA) is 122 Å². The van der Waals surface area contributed by atoms with Crippen LogP contribution in [0.3, 0.4) is 0 Å². The van der Waals surface area contributed by atoms with Crippen molar-refractivity contribution in [2.45, 2.75) is 31.8 Å². The zero-order valence-electron chi connectivity index (χ0n) is 18.9. The number of nitriles is 1. The van der Waals surface area contributed by atoms with Crippen LogP contribution in [0.2, 0.25) is 5.02 Å².